The first kappa shape index (κ1) is 11.3. The van der Waals surface area contributed by atoms with Crippen molar-refractivity contribution >= 4 is 21.9 Å². The predicted octanol–water partition coefficient (Wildman–Crippen LogP) is 1.24. The molecular formula is C9H12BrNO3. The summed E-state index contributed by atoms with van der Waals surface area (Å²) in [6.45, 7) is 0. The van der Waals surface area contributed by atoms with Crippen LogP contribution in [0, 0.1) is 0 Å². The van der Waals surface area contributed by atoms with Crippen LogP contribution in [0.15, 0.2) is 12.3 Å². The second kappa shape index (κ2) is 4.61. The van der Waals surface area contributed by atoms with Gasteiger partial charge in [-0.25, -0.2) is 4.79 Å². The van der Waals surface area contributed by atoms with E-state index in [9.17, 15) is 9.90 Å². The Hall–Kier alpha value is -0.810. The number of aromatic nitrogens is 1. The van der Waals surface area contributed by atoms with Crippen molar-refractivity contribution < 1.29 is 14.6 Å². The molecule has 0 fully saturated rings. The van der Waals surface area contributed by atoms with Crippen LogP contribution in [-0.2, 0) is 11.8 Å². The minimum atomic E-state index is -0.598. The molecule has 5 heteroatoms. The maximum Gasteiger partial charge on any atom is 0.354 e. The average molecular weight is 262 g/mol. The summed E-state index contributed by atoms with van der Waals surface area (Å²) in [6.07, 6.45) is 1.11. The van der Waals surface area contributed by atoms with E-state index in [1.165, 1.54) is 7.11 Å². The van der Waals surface area contributed by atoms with Crippen molar-refractivity contribution in [2.45, 2.75) is 6.10 Å². The minimum absolute atomic E-state index is 0.402. The molecule has 0 radical (unpaired) electrons. The Morgan fingerprint density at radius 2 is 2.43 bits per heavy atom. The van der Waals surface area contributed by atoms with Gasteiger partial charge in [0.15, 0.2) is 0 Å². The summed E-state index contributed by atoms with van der Waals surface area (Å²) in [5.74, 6) is -0.402. The van der Waals surface area contributed by atoms with E-state index in [1.54, 1.807) is 23.9 Å². The van der Waals surface area contributed by atoms with Gasteiger partial charge in [-0.05, 0) is 11.6 Å². The SMILES string of the molecule is COC(=O)c1cc(C(O)CBr)cn1C. The highest BCUT2D eigenvalue weighted by Gasteiger charge is 2.15. The number of carbonyl (C=O) groups is 1. The smallest absolute Gasteiger partial charge is 0.354 e. The van der Waals surface area contributed by atoms with Crippen molar-refractivity contribution in [3.05, 3.63) is 23.5 Å². The monoisotopic (exact) mass is 261 g/mol. The maximum absolute atomic E-state index is 11.2. The molecule has 1 aromatic heterocycles. The third-order valence-electron chi connectivity index (χ3n) is 1.95. The van der Waals surface area contributed by atoms with Crippen molar-refractivity contribution in [2.75, 3.05) is 12.4 Å². The summed E-state index contributed by atoms with van der Waals surface area (Å²) >= 11 is 3.16. The highest BCUT2D eigenvalue weighted by Crippen LogP contribution is 2.18. The lowest BCUT2D eigenvalue weighted by molar-refractivity contribution is 0.0590. The third-order valence-corrected chi connectivity index (χ3v) is 2.56. The molecule has 0 amide bonds. The van der Waals surface area contributed by atoms with Crippen LogP contribution in [0.1, 0.15) is 22.2 Å². The van der Waals surface area contributed by atoms with Crippen LogP contribution < -0.4 is 0 Å². The number of hydrogen-bond acceptors (Lipinski definition) is 3. The molecule has 4 nitrogen and oxygen atoms in total. The lowest BCUT2D eigenvalue weighted by Crippen LogP contribution is -2.06. The van der Waals surface area contributed by atoms with Crippen LogP contribution in [0.3, 0.4) is 0 Å². The Morgan fingerprint density at radius 3 is 2.93 bits per heavy atom. The molecular weight excluding hydrogens is 250 g/mol. The molecule has 0 aliphatic heterocycles. The van der Waals surface area contributed by atoms with Gasteiger partial charge in [-0.2, -0.15) is 0 Å². The van der Waals surface area contributed by atoms with E-state index < -0.39 is 12.1 Å². The molecule has 0 aliphatic rings. The van der Waals surface area contributed by atoms with Crippen LogP contribution in [0.4, 0.5) is 0 Å². The first-order chi connectivity index (χ1) is 6.60. The van der Waals surface area contributed by atoms with Gasteiger partial charge in [0.1, 0.15) is 5.69 Å². The van der Waals surface area contributed by atoms with Gasteiger partial charge >= 0.3 is 5.97 Å². The summed E-state index contributed by atoms with van der Waals surface area (Å²) < 4.78 is 6.22. The molecule has 1 atom stereocenters. The van der Waals surface area contributed by atoms with Crippen molar-refractivity contribution in [1.29, 1.82) is 0 Å². The zero-order valence-electron chi connectivity index (χ0n) is 8.03. The molecule has 1 aromatic rings. The molecule has 1 N–H and O–H groups in total. The number of esters is 1. The number of alkyl halides is 1. The highest BCUT2D eigenvalue weighted by atomic mass is 79.9. The number of carbonyl (C=O) groups excluding carboxylic acids is 1. The maximum atomic E-state index is 11.2. The van der Waals surface area contributed by atoms with E-state index >= 15 is 0 Å². The van der Waals surface area contributed by atoms with Crippen LogP contribution in [0.25, 0.3) is 0 Å². The van der Waals surface area contributed by atoms with E-state index in [0.717, 1.165) is 0 Å². The largest absolute Gasteiger partial charge is 0.464 e. The van der Waals surface area contributed by atoms with Gasteiger partial charge in [-0.15, -0.1) is 0 Å². The molecule has 0 bridgehead atoms. The Bertz CT molecular complexity index is 335. The number of aliphatic hydroxyl groups is 1. The van der Waals surface area contributed by atoms with Crippen LogP contribution in [0.2, 0.25) is 0 Å². The van der Waals surface area contributed by atoms with Crippen molar-refractivity contribution in [1.82, 2.24) is 4.57 Å². The van der Waals surface area contributed by atoms with Gasteiger partial charge in [-0.1, -0.05) is 15.9 Å². The first-order valence-electron chi connectivity index (χ1n) is 4.08. The predicted molar refractivity (Wildman–Crippen MR) is 55.5 cm³/mol. The number of aryl methyl sites for hydroxylation is 1. The van der Waals surface area contributed by atoms with Gasteiger partial charge < -0.3 is 14.4 Å². The number of aliphatic hydroxyl groups excluding tert-OH is 1. The average Bonchev–Trinajstić information content (AvgIpc) is 2.58. The molecule has 78 valence electrons. The summed E-state index contributed by atoms with van der Waals surface area (Å²) in [4.78, 5) is 11.2. The molecule has 1 rings (SSSR count). The van der Waals surface area contributed by atoms with Crippen LogP contribution in [0.5, 0.6) is 0 Å². The quantitative estimate of drug-likeness (QED) is 0.658. The van der Waals surface area contributed by atoms with Gasteiger partial charge in [0, 0.05) is 18.6 Å². The molecule has 0 aliphatic carbocycles. The molecule has 1 unspecified atom stereocenters. The number of hydrogen-bond donors (Lipinski definition) is 1. The van der Waals surface area contributed by atoms with Gasteiger partial charge in [-0.3, -0.25) is 0 Å². The fourth-order valence-electron chi connectivity index (χ4n) is 1.17. The van der Waals surface area contributed by atoms with E-state index in [1.807, 2.05) is 0 Å². The van der Waals surface area contributed by atoms with Crippen LogP contribution >= 0.6 is 15.9 Å². The summed E-state index contributed by atoms with van der Waals surface area (Å²) in [5, 5.41) is 9.95. The molecule has 0 aromatic carbocycles. The first-order valence-corrected chi connectivity index (χ1v) is 5.21. The Labute approximate surface area is 90.6 Å². The fraction of sp³-hybridized carbons (Fsp3) is 0.444. The van der Waals surface area contributed by atoms with Gasteiger partial charge in [0.2, 0.25) is 0 Å². The van der Waals surface area contributed by atoms with E-state index in [4.69, 9.17) is 0 Å². The van der Waals surface area contributed by atoms with Gasteiger partial charge in [0.25, 0.3) is 0 Å². The van der Waals surface area contributed by atoms with Crippen molar-refractivity contribution in [3.63, 3.8) is 0 Å². The van der Waals surface area contributed by atoms with Crippen molar-refractivity contribution in [3.8, 4) is 0 Å². The van der Waals surface area contributed by atoms with Gasteiger partial charge in [0.05, 0.1) is 13.2 Å². The molecule has 0 spiro atoms. The van der Waals surface area contributed by atoms with E-state index in [-0.39, 0.29) is 0 Å². The molecule has 1 heterocycles. The highest BCUT2D eigenvalue weighted by molar-refractivity contribution is 9.09. The number of halogens is 1. The standard InChI is InChI=1S/C9H12BrNO3/c1-11-5-6(8(12)4-10)3-7(11)9(13)14-2/h3,5,8,12H,4H2,1-2H3. The van der Waals surface area contributed by atoms with E-state index in [2.05, 4.69) is 20.7 Å². The topological polar surface area (TPSA) is 51.5 Å². The minimum Gasteiger partial charge on any atom is -0.464 e. The summed E-state index contributed by atoms with van der Waals surface area (Å²) in [7, 11) is 3.06. The van der Waals surface area contributed by atoms with E-state index in [0.29, 0.717) is 16.6 Å². The molecule has 0 saturated carbocycles. The van der Waals surface area contributed by atoms with Crippen molar-refractivity contribution in [2.24, 2.45) is 7.05 Å². The fourth-order valence-corrected chi connectivity index (χ4v) is 1.54. The Balaban J connectivity index is 2.98. The Kier molecular flexibility index (Phi) is 3.71. The second-order valence-corrected chi connectivity index (χ2v) is 3.58. The lowest BCUT2D eigenvalue weighted by Gasteiger charge is -2.01. The normalized spacial score (nSPS) is 12.6. The zero-order valence-corrected chi connectivity index (χ0v) is 9.61. The number of ether oxygens (including phenoxy) is 1. The second-order valence-electron chi connectivity index (χ2n) is 2.93. The molecule has 0 saturated heterocycles. The summed E-state index contributed by atoms with van der Waals surface area (Å²) in [5.41, 5.74) is 1.13. The van der Waals surface area contributed by atoms with Crippen LogP contribution in [-0.4, -0.2) is 28.1 Å². The Morgan fingerprint density at radius 1 is 1.79 bits per heavy atom. The zero-order chi connectivity index (χ0) is 10.7. The number of rotatable bonds is 3. The summed E-state index contributed by atoms with van der Waals surface area (Å²) in [6, 6.07) is 1.62. The lowest BCUT2D eigenvalue weighted by atomic mass is 10.2. The molecule has 14 heavy (non-hydrogen) atoms. The number of methoxy groups -OCH3 is 1. The third kappa shape index (κ3) is 2.16. The number of nitrogens with zero attached hydrogens (tertiary/aromatic N) is 1.